The second kappa shape index (κ2) is 89.1. The van der Waals surface area contributed by atoms with Gasteiger partial charge in [0.15, 0.2) is 0 Å². The van der Waals surface area contributed by atoms with Crippen LogP contribution in [-0.4, -0.2) is 39.3 Å². The van der Waals surface area contributed by atoms with Crippen LogP contribution in [0.2, 0.25) is 0 Å². The monoisotopic (exact) mass is 1530 g/mol. The quantitative estimate of drug-likeness (QED) is 0.0577. The Bertz CT molecular complexity index is 962. The molecule has 0 saturated carbocycles. The third-order valence-corrected chi connectivity index (χ3v) is 17.3. The van der Waals surface area contributed by atoms with E-state index in [2.05, 4.69) is 41.5 Å². The smallest absolute Gasteiger partial charge is 0 e. The first kappa shape index (κ1) is 97.3. The van der Waals surface area contributed by atoms with Gasteiger partial charge in [0.2, 0.25) is 0 Å². The van der Waals surface area contributed by atoms with Gasteiger partial charge in [0.1, 0.15) is 0 Å². The van der Waals surface area contributed by atoms with Crippen LogP contribution in [0.25, 0.3) is 0 Å². The fraction of sp³-hybridized carbons (Fsp3) is 1.00. The van der Waals surface area contributed by atoms with Crippen molar-refractivity contribution < 1.29 is 78.4 Å². The summed E-state index contributed by atoms with van der Waals surface area (Å²) < 4.78 is 34.6. The van der Waals surface area contributed by atoms with Gasteiger partial charge in [-0.05, 0) is 77.0 Å². The first-order valence-electron chi connectivity index (χ1n) is 37.0. The summed E-state index contributed by atoms with van der Waals surface area (Å²) in [7, 11) is 0. The Kier molecular flexibility index (Phi) is 104. The molecule has 0 aliphatic carbocycles. The third kappa shape index (κ3) is 102. The zero-order chi connectivity index (χ0) is 58.3. The fourth-order valence-electron chi connectivity index (χ4n) is 11.9. The van der Waals surface area contributed by atoms with Gasteiger partial charge in [-0.3, -0.25) is 0 Å². The predicted octanol–water partition coefficient (Wildman–Crippen LogP) is 20.3. The summed E-state index contributed by atoms with van der Waals surface area (Å²) >= 11 is -6.17. The van der Waals surface area contributed by atoms with Crippen LogP contribution >= 0.6 is 0 Å². The van der Waals surface area contributed by atoms with Crippen LogP contribution in [-0.2, 0) is 61.0 Å². The fourth-order valence-corrected chi connectivity index (χ4v) is 11.9. The van der Waals surface area contributed by atoms with Crippen molar-refractivity contribution in [1.82, 2.24) is 0 Å². The van der Waals surface area contributed by atoms with Crippen molar-refractivity contribution in [2.24, 2.45) is 0 Å². The molecule has 9 nitrogen and oxygen atoms in total. The molecule has 0 aromatic carbocycles. The molecule has 2 N–H and O–H groups in total. The number of quaternary nitrogens is 2. The number of nitrogens with one attached hydrogen (secondary N) is 2. The van der Waals surface area contributed by atoms with E-state index in [1.54, 1.807) is 0 Å². The van der Waals surface area contributed by atoms with Crippen molar-refractivity contribution in [2.45, 2.75) is 427 Å². The molecule has 0 aromatic heterocycles. The van der Waals surface area contributed by atoms with E-state index in [1.807, 2.05) is 9.80 Å². The van der Waals surface area contributed by atoms with Gasteiger partial charge in [0.25, 0.3) is 0 Å². The molecule has 0 unspecified atom stereocenters. The Labute approximate surface area is 540 Å². The molecule has 0 heterocycles. The number of hydrogen-bond acceptors (Lipinski definition) is 4. The summed E-state index contributed by atoms with van der Waals surface area (Å²) in [5.74, 6) is 0. The summed E-state index contributed by atoms with van der Waals surface area (Å²) in [6.07, 6.45) is 87.8. The van der Waals surface area contributed by atoms with Gasteiger partial charge in [-0.25, -0.2) is 0 Å². The number of unbranched alkanes of at least 4 members (excludes halogenated alkanes) is 54. The van der Waals surface area contributed by atoms with Crippen LogP contribution in [0.5, 0.6) is 0 Å². The molecule has 510 valence electrons. The van der Waals surface area contributed by atoms with Gasteiger partial charge in [-0.15, -0.1) is 0 Å². The molecule has 0 atom stereocenters. The topological polar surface area (TPSA) is 175 Å². The second-order valence-corrected chi connectivity index (χ2v) is 28.4. The van der Waals surface area contributed by atoms with Crippen LogP contribution in [0.3, 0.4) is 0 Å². The van der Waals surface area contributed by atoms with Gasteiger partial charge in [0, 0.05) is 21.1 Å². The first-order chi connectivity index (χ1) is 38.7. The van der Waals surface area contributed by atoms with Crippen LogP contribution in [0.15, 0.2) is 0 Å². The van der Waals surface area contributed by atoms with E-state index in [9.17, 15) is 0 Å². The molecule has 0 amide bonds. The van der Waals surface area contributed by atoms with E-state index in [0.717, 1.165) is 0 Å². The molecule has 0 aliphatic rings. The van der Waals surface area contributed by atoms with E-state index in [4.69, 9.17) is 14.3 Å². The summed E-state index contributed by atoms with van der Waals surface area (Å²) in [5.41, 5.74) is 0. The molecule has 0 radical (unpaired) electrons. The van der Waals surface area contributed by atoms with Gasteiger partial charge in [-0.1, -0.05) is 350 Å². The Morgan fingerprint density at radius 1 is 0.193 bits per heavy atom. The maximum atomic E-state index is 8.65. The Balaban J connectivity index is -0.000000246. The minimum atomic E-state index is -6.17. The summed E-state index contributed by atoms with van der Waals surface area (Å²) in [5, 5.41) is 0. The molecule has 0 rings (SSSR count). The van der Waals surface area contributed by atoms with Crippen molar-refractivity contribution in [3.05, 3.63) is 0 Å². The minimum Gasteiger partial charge on any atom is 0 e. The molecule has 0 spiro atoms. The standard InChI is InChI=1S/2C36H75N.7O.2W/c2*1-4-7-10-13-16-19-22-25-28-31-34-37(35-32-29-26-23-20-17-14-11-8-5-2)36-33-30-27-24-21-18-15-12-9-6-3;;;;;;;;;/h2*4-36H2,1-3H3;;;;;;;;;/q;;;;3*-2;2*-1;;/p+2. The van der Waals surface area contributed by atoms with Crippen LogP contribution in [0.4, 0.5) is 0 Å². The van der Waals surface area contributed by atoms with E-state index >= 15 is 0 Å². The summed E-state index contributed by atoms with van der Waals surface area (Å²) in [6.45, 7) is 22.6. The van der Waals surface area contributed by atoms with Gasteiger partial charge < -0.3 is 26.2 Å². The van der Waals surface area contributed by atoms with Gasteiger partial charge in [0.05, 0.1) is 39.3 Å². The predicted molar refractivity (Wildman–Crippen MR) is 346 cm³/mol. The Morgan fingerprint density at radius 3 is 0.349 bits per heavy atom. The van der Waals surface area contributed by atoms with E-state index in [-0.39, 0.29) is 37.5 Å². The van der Waals surface area contributed by atoms with E-state index < -0.39 is 16.7 Å². The molecule has 83 heavy (non-hydrogen) atoms. The van der Waals surface area contributed by atoms with Crippen molar-refractivity contribution in [1.29, 1.82) is 0 Å². The van der Waals surface area contributed by atoms with Crippen molar-refractivity contribution in [2.75, 3.05) is 39.3 Å². The minimum absolute atomic E-state index is 0. The van der Waals surface area contributed by atoms with Gasteiger partial charge >= 0.3 is 31.1 Å². The zero-order valence-corrected chi connectivity index (χ0v) is 63.2. The number of rotatable bonds is 66. The third-order valence-electron chi connectivity index (χ3n) is 17.3. The SMILES string of the molecule is CCCCCCCCCCCC[NH+](CCCCCCCCCCCC)CCCCCCCCCCCC.CCCCCCCCCCCC[NH+](CCCCCCCCCCCC)CCCCCCCCCCCC.[O-2].[O-2].[O-2].[O]=[W](=[O])([O-])[O-].[W]. The molecule has 0 saturated heterocycles. The first-order valence-corrected chi connectivity index (χ1v) is 41.8. The molecule has 11 heteroatoms. The Morgan fingerprint density at radius 2 is 0.265 bits per heavy atom. The van der Waals surface area contributed by atoms with E-state index in [1.165, 1.54) is 425 Å². The maximum absolute atomic E-state index is 8.65. The second-order valence-electron chi connectivity index (χ2n) is 25.5. The maximum Gasteiger partial charge on any atom is 0 e. The van der Waals surface area contributed by atoms with Crippen LogP contribution in [0.1, 0.15) is 427 Å². The summed E-state index contributed by atoms with van der Waals surface area (Å²) in [4.78, 5) is 3.89. The summed E-state index contributed by atoms with van der Waals surface area (Å²) in [6, 6.07) is 0. The van der Waals surface area contributed by atoms with Crippen molar-refractivity contribution >= 4 is 0 Å². The Hall–Kier alpha value is 0.697. The van der Waals surface area contributed by atoms with Gasteiger partial charge in [-0.2, -0.15) is 0 Å². The molecular formula is C72H152N2O7W2-6. The average molecular weight is 1530 g/mol. The number of hydrogen-bond donors (Lipinski definition) is 2. The molecular weight excluding hydrogens is 1370 g/mol. The zero-order valence-electron chi connectivity index (χ0n) is 57.3. The largest absolute Gasteiger partial charge is 0 e. The van der Waals surface area contributed by atoms with Crippen LogP contribution in [0, 0.1) is 0 Å². The van der Waals surface area contributed by atoms with Crippen molar-refractivity contribution in [3.63, 3.8) is 0 Å². The van der Waals surface area contributed by atoms with E-state index in [0.29, 0.717) is 0 Å². The molecule has 0 aliphatic heterocycles. The average Bonchev–Trinajstić information content (AvgIpc) is 3.43. The van der Waals surface area contributed by atoms with Crippen LogP contribution < -0.4 is 17.3 Å². The molecule has 0 bridgehead atoms. The normalized spacial score (nSPS) is 11.1. The molecule has 0 aromatic rings. The molecule has 0 fully saturated rings. The van der Waals surface area contributed by atoms with Crippen molar-refractivity contribution in [3.8, 4) is 0 Å².